The summed E-state index contributed by atoms with van der Waals surface area (Å²) in [4.78, 5) is 81.6. The molecular weight excluding hydrogens is 1370 g/mol. The largest absolute Gasteiger partial charge is 2.00 e. The third-order valence-electron chi connectivity index (χ3n) is 21.5. The molecule has 537 valence electrons. The predicted octanol–water partition coefficient (Wildman–Crippen LogP) is 20.2. The molecule has 4 atom stereocenters. The first-order valence-electron chi connectivity index (χ1n) is 34.6. The maximum Gasteiger partial charge on any atom is 2.00 e. The molecule has 101 heavy (non-hydrogen) atoms. The van der Waals surface area contributed by atoms with Crippen LogP contribution in [0.5, 0.6) is 0 Å². The van der Waals surface area contributed by atoms with Crippen molar-refractivity contribution in [1.82, 2.24) is 19.9 Å². The first-order valence-corrected chi connectivity index (χ1v) is 34.6. The van der Waals surface area contributed by atoms with Crippen LogP contribution in [0.15, 0.2) is 97.1 Å². The third kappa shape index (κ3) is 15.9. The van der Waals surface area contributed by atoms with E-state index in [4.69, 9.17) is 19.9 Å². The normalized spacial score (nSPS) is 19.1. The number of rotatable bonds is 12. The first-order chi connectivity index (χ1) is 44.7. The Balaban J connectivity index is 0.00000259. The fraction of sp³-hybridized carbons (Fsp3) is 0.429. The van der Waals surface area contributed by atoms with Crippen molar-refractivity contribution in [2.24, 2.45) is 45.3 Å². The molecule has 5 heterocycles. The number of carbonyl (C=O) groups excluding carboxylic acids is 4. The number of benzene rings is 4. The van der Waals surface area contributed by atoms with Crippen LogP contribution in [0.3, 0.4) is 0 Å². The van der Waals surface area contributed by atoms with Gasteiger partial charge in [-0.25, -0.2) is 9.97 Å². The van der Waals surface area contributed by atoms with E-state index in [2.05, 4.69) is 220 Å². The zero-order valence-corrected chi connectivity index (χ0v) is 67.5. The number of nitrogens with zero attached hydrogens (tertiary/aromatic N) is 4. The van der Waals surface area contributed by atoms with Gasteiger partial charge in [-0.3, -0.25) is 19.2 Å². The monoisotopic (exact) mass is 1480 g/mol. The number of fused-ring (bicyclic) bond motifs is 8. The van der Waals surface area contributed by atoms with Gasteiger partial charge in [-0.05, 0) is 173 Å². The zero-order chi connectivity index (χ0) is 69.1. The van der Waals surface area contributed by atoms with Crippen molar-refractivity contribution in [3.05, 3.63) is 142 Å². The van der Waals surface area contributed by atoms with E-state index < -0.39 is 0 Å². The third-order valence-corrected chi connectivity index (χ3v) is 21.5. The second-order valence-electron chi connectivity index (χ2n) is 35.4. The topological polar surface area (TPSA) is 170 Å². The Labute approximate surface area is 637 Å². The van der Waals surface area contributed by atoms with E-state index in [1.165, 1.54) is 0 Å². The minimum Gasteiger partial charge on any atom is -0.657 e. The summed E-state index contributed by atoms with van der Waals surface area (Å²) < 4.78 is 0. The van der Waals surface area contributed by atoms with Gasteiger partial charge in [0.2, 0.25) is 23.6 Å². The van der Waals surface area contributed by atoms with Crippen molar-refractivity contribution in [2.45, 2.75) is 186 Å². The van der Waals surface area contributed by atoms with Crippen LogP contribution in [0.2, 0.25) is 0 Å². The van der Waals surface area contributed by atoms with E-state index in [0.29, 0.717) is 89.8 Å². The summed E-state index contributed by atoms with van der Waals surface area (Å²) in [5, 5.41) is 13.6. The number of carbonyl (C=O) groups is 4. The molecule has 4 amide bonds. The first kappa shape index (κ1) is 80.0. The maximum atomic E-state index is 14.6. The number of aromatic nitrogens is 4. The Morgan fingerprint density at radius 2 is 0.554 bits per heavy atom. The van der Waals surface area contributed by atoms with E-state index in [0.717, 1.165) is 70.2 Å². The second kappa shape index (κ2) is 27.7. The van der Waals surface area contributed by atoms with Crippen molar-refractivity contribution in [2.75, 3.05) is 21.3 Å². The molecule has 1 radical (unpaired) electrons. The van der Waals surface area contributed by atoms with Crippen LogP contribution in [0.25, 0.3) is 90.9 Å². The number of hydrogen-bond acceptors (Lipinski definition) is 6. The molecule has 0 saturated heterocycles. The van der Waals surface area contributed by atoms with Gasteiger partial charge >= 0.3 is 16.8 Å². The van der Waals surface area contributed by atoms with Gasteiger partial charge in [0.25, 0.3) is 0 Å². The summed E-state index contributed by atoms with van der Waals surface area (Å²) >= 11 is 0. The summed E-state index contributed by atoms with van der Waals surface area (Å²) in [7, 11) is 0. The molecule has 2 aliphatic heterocycles. The van der Waals surface area contributed by atoms with E-state index in [9.17, 15) is 19.2 Å². The van der Waals surface area contributed by atoms with Crippen molar-refractivity contribution in [1.29, 1.82) is 0 Å². The molecule has 13 rings (SSSR count). The summed E-state index contributed by atoms with van der Waals surface area (Å²) in [6.45, 7) is 43.8. The molecule has 4 saturated carbocycles. The molecule has 4 aliphatic carbocycles. The van der Waals surface area contributed by atoms with Gasteiger partial charge in [0.15, 0.2) is 0 Å². The quantitative estimate of drug-likeness (QED) is 0.0936. The van der Waals surface area contributed by atoms with Gasteiger partial charge in [0.05, 0.1) is 45.5 Å². The van der Waals surface area contributed by atoms with Gasteiger partial charge in [0.1, 0.15) is 0 Å². The van der Waals surface area contributed by atoms with Gasteiger partial charge in [-0.2, -0.15) is 54.0 Å². The molecule has 3 aromatic heterocycles. The molecule has 17 heteroatoms. The summed E-state index contributed by atoms with van der Waals surface area (Å²) in [6, 6.07) is 33.3. The zero-order valence-electron chi connectivity index (χ0n) is 62.4. The SMILES string of the molecule is CC(C)(C)c1cc(-c2c3nc(c(-c4c(NC(=O)[C@H]5CC5(C)C)cccc4NC(=O)[C@H]4CC4(C)C)c4ccc([n-]4)c(-c4cc(C(C)(C)C)cc(C(C)(C)C)c4)c4nc(c(-c5c(NC(=O)[C@H]6CC6(C)C)cccc5NC(=O)[C@H]5CC5(C)C)c5ccc2[n-]5)C=C4)C=C3)cc(C(C)(C)C)c1.S.S.S.S.[Co+2]. The Bertz CT molecular complexity index is 4270. The Morgan fingerprint density at radius 1 is 0.347 bits per heavy atom. The van der Waals surface area contributed by atoms with Gasteiger partial charge < -0.3 is 31.2 Å². The van der Waals surface area contributed by atoms with Crippen molar-refractivity contribution in [3.8, 4) is 44.5 Å². The number of anilines is 4. The number of nitrogens with one attached hydrogen (secondary N) is 4. The van der Waals surface area contributed by atoms with Crippen molar-refractivity contribution < 1.29 is 36.0 Å². The van der Waals surface area contributed by atoms with Crippen LogP contribution in [-0.2, 0) is 57.6 Å². The van der Waals surface area contributed by atoms with E-state index in [1.807, 2.05) is 60.7 Å². The molecule has 0 unspecified atom stereocenters. The fourth-order valence-electron chi connectivity index (χ4n) is 14.1. The Hall–Kier alpha value is -6.73. The van der Waals surface area contributed by atoms with Crippen LogP contribution in [0.4, 0.5) is 22.7 Å². The molecule has 4 fully saturated rings. The average Bonchev–Trinajstić information content (AvgIpc) is 1.65. The molecule has 6 aliphatic rings. The van der Waals surface area contributed by atoms with Gasteiger partial charge in [-0.1, -0.05) is 211 Å². The molecule has 8 bridgehead atoms. The van der Waals surface area contributed by atoms with Gasteiger partial charge in [-0.15, -0.1) is 22.1 Å². The van der Waals surface area contributed by atoms with Crippen LogP contribution < -0.4 is 31.2 Å². The van der Waals surface area contributed by atoms with E-state index in [1.54, 1.807) is 0 Å². The van der Waals surface area contributed by atoms with Crippen molar-refractivity contribution >= 4 is 147 Å². The van der Waals surface area contributed by atoms with Gasteiger partial charge in [0, 0.05) is 34.8 Å². The molecule has 4 aromatic carbocycles. The number of hydrogen-bond donors (Lipinski definition) is 4. The molecule has 7 aromatic rings. The minimum absolute atomic E-state index is 0. The molecule has 12 nitrogen and oxygen atoms in total. The van der Waals surface area contributed by atoms with E-state index >= 15 is 0 Å². The predicted molar refractivity (Wildman–Crippen MR) is 437 cm³/mol. The summed E-state index contributed by atoms with van der Waals surface area (Å²) in [6.07, 6.45) is 11.2. The summed E-state index contributed by atoms with van der Waals surface area (Å²) in [5.41, 5.74) is 15.6. The van der Waals surface area contributed by atoms with Crippen LogP contribution in [0, 0.1) is 45.3 Å². The maximum absolute atomic E-state index is 14.6. The minimum atomic E-state index is -0.257. The molecule has 4 N–H and O–H groups in total. The Kier molecular flexibility index (Phi) is 21.9. The summed E-state index contributed by atoms with van der Waals surface area (Å²) in [5.74, 6) is -1.16. The smallest absolute Gasteiger partial charge is 0.657 e. The Morgan fingerprint density at radius 3 is 0.762 bits per heavy atom. The fourth-order valence-corrected chi connectivity index (χ4v) is 14.1. The van der Waals surface area contributed by atoms with Crippen LogP contribution in [0.1, 0.15) is 209 Å². The van der Waals surface area contributed by atoms with Crippen molar-refractivity contribution in [3.63, 3.8) is 0 Å². The van der Waals surface area contributed by atoms with E-state index in [-0.39, 0.29) is 161 Å². The average molecular weight is 1480 g/mol. The molecular formula is C84H104CoN8O4S4. The molecule has 0 spiro atoms. The van der Waals surface area contributed by atoms with Crippen LogP contribution in [-0.4, -0.2) is 33.6 Å². The second-order valence-corrected chi connectivity index (χ2v) is 35.4. The number of amides is 4. The van der Waals surface area contributed by atoms with Crippen LogP contribution >= 0.6 is 54.0 Å². The standard InChI is InChI=1S/C84H98N8O4.Co.4H2S/c1-77(2,3)47-35-45(36-48(39-47)78(4,5)6)67-59-27-31-63(85-59)71(69-55(89-73(93)51-41-81(51,13)14)23-21-24-56(69)90-74(94)52-42-82(52,15)16)65-33-29-61(87-65)68(46-37-49(79(7,8)9)40-50(38-46)80(10,11)12)62-30-34-66(88-62)72(64-32-28-60(67)86-64)70-57(91-75(95)53-43-83(53,17)18)25-22-26-58(70)92-76(96)54-44-84(54,19)20;;;;;/h21-40,51-54H,41-44H2,1-20H3,(H6,85,86,87,88,89,90,91,92,93,94,95,96);;4*1H2/q;+2;;;;/p-2/t51-,52-,53-,54-;;;;;/m1...../s1.